The molecule has 4 aliphatic rings. The van der Waals surface area contributed by atoms with Crippen LogP contribution in [0.3, 0.4) is 0 Å². The first-order chi connectivity index (χ1) is 15.8. The van der Waals surface area contributed by atoms with Crippen LogP contribution in [0, 0.1) is 17.3 Å². The lowest BCUT2D eigenvalue weighted by molar-refractivity contribution is -0.142. The van der Waals surface area contributed by atoms with Gasteiger partial charge in [-0.3, -0.25) is 19.3 Å². The molecule has 0 aromatic heterocycles. The number of carbonyl (C=O) groups excluding carboxylic acids is 4. The Hall–Kier alpha value is -3.10. The molecule has 3 aliphatic heterocycles. The van der Waals surface area contributed by atoms with Gasteiger partial charge in [-0.2, -0.15) is 0 Å². The van der Waals surface area contributed by atoms with Crippen LogP contribution in [0.25, 0.3) is 0 Å². The van der Waals surface area contributed by atoms with Gasteiger partial charge in [0.05, 0.1) is 5.41 Å². The number of nitrogens with two attached hydrogens (primary N) is 1. The number of piperidine rings is 1. The number of nitrogens with one attached hydrogen (secondary N) is 1. The van der Waals surface area contributed by atoms with Crippen molar-refractivity contribution in [3.63, 3.8) is 0 Å². The fourth-order valence-electron chi connectivity index (χ4n) is 6.37. The number of likely N-dealkylation sites (tertiary alicyclic amines) is 2. The molecule has 34 heavy (non-hydrogen) atoms. The zero-order chi connectivity index (χ0) is 24.8. The number of carbonyl (C=O) groups is 4. The number of hydrogen-bond donors (Lipinski definition) is 2. The Morgan fingerprint density at radius 3 is 2.47 bits per heavy atom. The van der Waals surface area contributed by atoms with Crippen LogP contribution in [0.2, 0.25) is 0 Å². The van der Waals surface area contributed by atoms with Gasteiger partial charge in [-0.1, -0.05) is 32.0 Å². The molecule has 9 heteroatoms. The monoisotopic (exact) mass is 468 g/mol. The molecule has 1 aromatic carbocycles. The van der Waals surface area contributed by atoms with Crippen molar-refractivity contribution in [3.8, 4) is 0 Å². The average Bonchev–Trinajstić information content (AvgIpc) is 3.17. The van der Waals surface area contributed by atoms with E-state index in [4.69, 9.17) is 10.5 Å². The lowest BCUT2D eigenvalue weighted by atomic mass is 9.79. The second-order valence-electron chi connectivity index (χ2n) is 11.7. The van der Waals surface area contributed by atoms with Crippen LogP contribution in [0.15, 0.2) is 24.3 Å². The standard InChI is InChI=1S/C25H32N4O5/c1-23(2,3)34-22(33)28-11-14-17(24(14,4)5)18(28)20(31)29-12-25(10-16(29)19(26)30)13-8-6-7-9-15(13)27-21(25)32/h6-9,14,16-18H,10-12H2,1-5H3,(H2,26,30)(H,27,32)/t14-,16-,17-,18-,25-/m0/s1. The highest BCUT2D eigenvalue weighted by molar-refractivity contribution is 6.08. The molecule has 5 rings (SSSR count). The summed E-state index contributed by atoms with van der Waals surface area (Å²) in [4.78, 5) is 55.7. The molecule has 4 amide bonds. The summed E-state index contributed by atoms with van der Waals surface area (Å²) in [5.41, 5.74) is 5.35. The molecular formula is C25H32N4O5. The maximum atomic E-state index is 14.1. The first-order valence-electron chi connectivity index (χ1n) is 11.8. The Bertz CT molecular complexity index is 1110. The number of nitrogens with zero attached hydrogens (tertiary/aromatic N) is 2. The van der Waals surface area contributed by atoms with E-state index in [-0.39, 0.29) is 42.0 Å². The van der Waals surface area contributed by atoms with Crippen LogP contribution in [0.5, 0.6) is 0 Å². The minimum atomic E-state index is -1.04. The van der Waals surface area contributed by atoms with Gasteiger partial charge in [0.15, 0.2) is 0 Å². The van der Waals surface area contributed by atoms with Crippen LogP contribution in [-0.4, -0.2) is 64.4 Å². The summed E-state index contributed by atoms with van der Waals surface area (Å²) < 4.78 is 5.59. The Morgan fingerprint density at radius 2 is 1.82 bits per heavy atom. The molecule has 1 saturated carbocycles. The average molecular weight is 469 g/mol. The number of benzene rings is 1. The van der Waals surface area contributed by atoms with Gasteiger partial charge in [-0.15, -0.1) is 0 Å². The highest BCUT2D eigenvalue weighted by Gasteiger charge is 2.71. The summed E-state index contributed by atoms with van der Waals surface area (Å²) >= 11 is 0. The molecule has 182 valence electrons. The molecule has 3 heterocycles. The topological polar surface area (TPSA) is 122 Å². The lowest BCUT2D eigenvalue weighted by Gasteiger charge is -2.35. The molecule has 0 unspecified atom stereocenters. The molecule has 0 bridgehead atoms. The fourth-order valence-corrected chi connectivity index (χ4v) is 6.37. The largest absolute Gasteiger partial charge is 0.444 e. The van der Waals surface area contributed by atoms with Gasteiger partial charge in [-0.25, -0.2) is 4.79 Å². The fraction of sp³-hybridized carbons (Fsp3) is 0.600. The molecule has 1 spiro atoms. The number of primary amides is 1. The van der Waals surface area contributed by atoms with Crippen LogP contribution in [-0.2, 0) is 24.5 Å². The zero-order valence-electron chi connectivity index (χ0n) is 20.3. The molecule has 3 N–H and O–H groups in total. The summed E-state index contributed by atoms with van der Waals surface area (Å²) in [6.45, 7) is 9.99. The predicted octanol–water partition coefficient (Wildman–Crippen LogP) is 1.85. The Labute approximate surface area is 199 Å². The molecule has 0 radical (unpaired) electrons. The molecule has 3 fully saturated rings. The molecule has 2 saturated heterocycles. The highest BCUT2D eigenvalue weighted by Crippen LogP contribution is 2.65. The van der Waals surface area contributed by atoms with Crippen molar-refractivity contribution in [3.05, 3.63) is 29.8 Å². The van der Waals surface area contributed by atoms with Gasteiger partial charge < -0.3 is 20.7 Å². The van der Waals surface area contributed by atoms with Crippen molar-refractivity contribution in [2.24, 2.45) is 23.0 Å². The second kappa shape index (κ2) is 6.96. The third kappa shape index (κ3) is 3.12. The summed E-state index contributed by atoms with van der Waals surface area (Å²) in [6, 6.07) is 5.63. The summed E-state index contributed by atoms with van der Waals surface area (Å²) in [5, 5.41) is 2.89. The maximum Gasteiger partial charge on any atom is 0.410 e. The molecule has 1 aliphatic carbocycles. The quantitative estimate of drug-likeness (QED) is 0.686. The number of ether oxygens (including phenoxy) is 1. The SMILES string of the molecule is CC(C)(C)OC(=O)N1C[C@H]2[C@@H]([C@H]1C(=O)N1C[C@]3(C[C@H]1C(N)=O)C(=O)Nc1ccccc13)C2(C)C. The van der Waals surface area contributed by atoms with Crippen LogP contribution in [0.1, 0.15) is 46.6 Å². The van der Waals surface area contributed by atoms with E-state index in [1.165, 1.54) is 9.80 Å². The molecular weight excluding hydrogens is 436 g/mol. The molecule has 9 nitrogen and oxygen atoms in total. The third-order valence-electron chi connectivity index (χ3n) is 8.18. The number of hydrogen-bond acceptors (Lipinski definition) is 5. The first-order valence-corrected chi connectivity index (χ1v) is 11.8. The normalized spacial score (nSPS) is 32.9. The number of para-hydroxylation sites is 1. The van der Waals surface area contributed by atoms with E-state index < -0.39 is 35.1 Å². The van der Waals surface area contributed by atoms with Gasteiger partial charge in [0.2, 0.25) is 17.7 Å². The molecule has 1 aromatic rings. The molecule has 5 atom stereocenters. The zero-order valence-corrected chi connectivity index (χ0v) is 20.3. The van der Waals surface area contributed by atoms with Gasteiger partial charge >= 0.3 is 6.09 Å². The van der Waals surface area contributed by atoms with Crippen LogP contribution < -0.4 is 11.1 Å². The van der Waals surface area contributed by atoms with Gasteiger partial charge in [-0.05, 0) is 56.1 Å². The third-order valence-corrected chi connectivity index (χ3v) is 8.18. The van der Waals surface area contributed by atoms with Gasteiger partial charge in [0.1, 0.15) is 17.7 Å². The second-order valence-corrected chi connectivity index (χ2v) is 11.7. The van der Waals surface area contributed by atoms with Crippen molar-refractivity contribution in [1.29, 1.82) is 0 Å². The maximum absolute atomic E-state index is 14.1. The lowest BCUT2D eigenvalue weighted by Crippen LogP contribution is -2.55. The van der Waals surface area contributed by atoms with E-state index in [2.05, 4.69) is 19.2 Å². The van der Waals surface area contributed by atoms with Gasteiger partial charge in [0.25, 0.3) is 0 Å². The highest BCUT2D eigenvalue weighted by atomic mass is 16.6. The van der Waals surface area contributed by atoms with Gasteiger partial charge in [0, 0.05) is 18.8 Å². The Morgan fingerprint density at radius 1 is 1.15 bits per heavy atom. The van der Waals surface area contributed by atoms with Crippen LogP contribution in [0.4, 0.5) is 10.5 Å². The van der Waals surface area contributed by atoms with Crippen molar-refractivity contribution in [1.82, 2.24) is 9.80 Å². The minimum Gasteiger partial charge on any atom is -0.444 e. The van der Waals surface area contributed by atoms with Crippen molar-refractivity contribution < 1.29 is 23.9 Å². The van der Waals surface area contributed by atoms with E-state index in [1.807, 2.05) is 24.3 Å². The summed E-state index contributed by atoms with van der Waals surface area (Å²) in [5.74, 6) is -1.11. The van der Waals surface area contributed by atoms with Crippen molar-refractivity contribution in [2.45, 2.75) is 64.1 Å². The summed E-state index contributed by atoms with van der Waals surface area (Å²) in [7, 11) is 0. The Kier molecular flexibility index (Phi) is 4.64. The number of rotatable bonds is 2. The minimum absolute atomic E-state index is 0.0396. The van der Waals surface area contributed by atoms with Crippen molar-refractivity contribution in [2.75, 3.05) is 18.4 Å². The number of fused-ring (bicyclic) bond motifs is 3. The van der Waals surface area contributed by atoms with E-state index in [0.29, 0.717) is 12.2 Å². The summed E-state index contributed by atoms with van der Waals surface area (Å²) in [6.07, 6.45) is -0.421. The van der Waals surface area contributed by atoms with E-state index in [0.717, 1.165) is 5.56 Å². The predicted molar refractivity (Wildman–Crippen MR) is 124 cm³/mol. The number of amides is 4. The Balaban J connectivity index is 1.49. The van der Waals surface area contributed by atoms with E-state index >= 15 is 0 Å². The smallest absolute Gasteiger partial charge is 0.410 e. The van der Waals surface area contributed by atoms with Crippen molar-refractivity contribution >= 4 is 29.5 Å². The number of anilines is 1. The van der Waals surface area contributed by atoms with Crippen LogP contribution >= 0.6 is 0 Å². The van der Waals surface area contributed by atoms with E-state index in [1.54, 1.807) is 20.8 Å². The first kappa shape index (κ1) is 22.7. The van der Waals surface area contributed by atoms with E-state index in [9.17, 15) is 19.2 Å².